The molecule has 0 fully saturated rings. The van der Waals surface area contributed by atoms with Gasteiger partial charge in [0.1, 0.15) is 12.2 Å². The van der Waals surface area contributed by atoms with Gasteiger partial charge in [0.15, 0.2) is 0 Å². The predicted molar refractivity (Wildman–Crippen MR) is 60.6 cm³/mol. The van der Waals surface area contributed by atoms with E-state index in [1.54, 1.807) is 6.33 Å². The van der Waals surface area contributed by atoms with Gasteiger partial charge in [-0.15, -0.1) is 10.2 Å². The Bertz CT molecular complexity index is 336. The van der Waals surface area contributed by atoms with Crippen molar-refractivity contribution in [3.05, 3.63) is 12.2 Å². The second kappa shape index (κ2) is 6.22. The summed E-state index contributed by atoms with van der Waals surface area (Å²) in [6.07, 6.45) is 2.57. The zero-order valence-corrected chi connectivity index (χ0v) is 10.0. The normalized spacial score (nSPS) is 12.4. The van der Waals surface area contributed by atoms with E-state index in [-0.39, 0.29) is 11.9 Å². The van der Waals surface area contributed by atoms with Crippen molar-refractivity contribution < 1.29 is 4.79 Å². The van der Waals surface area contributed by atoms with Crippen LogP contribution in [0, 0.1) is 0 Å². The Morgan fingerprint density at radius 1 is 1.62 bits per heavy atom. The lowest BCUT2D eigenvalue weighted by Gasteiger charge is -2.11. The fraction of sp³-hybridized carbons (Fsp3) is 0.700. The van der Waals surface area contributed by atoms with Crippen molar-refractivity contribution in [1.29, 1.82) is 0 Å². The van der Waals surface area contributed by atoms with E-state index in [1.807, 2.05) is 25.5 Å². The van der Waals surface area contributed by atoms with Crippen LogP contribution in [0.2, 0.25) is 0 Å². The van der Waals surface area contributed by atoms with Gasteiger partial charge in [-0.2, -0.15) is 0 Å². The summed E-state index contributed by atoms with van der Waals surface area (Å²) in [5.74, 6) is 0.827. The molecule has 1 aromatic rings. The first kappa shape index (κ1) is 12.6. The average Bonchev–Trinajstić information content (AvgIpc) is 2.64. The molecule has 0 aliphatic rings. The van der Waals surface area contributed by atoms with Crippen LogP contribution in [-0.2, 0) is 18.4 Å². The Kier molecular flexibility index (Phi) is 4.91. The van der Waals surface area contributed by atoms with Crippen LogP contribution in [0.1, 0.15) is 26.1 Å². The van der Waals surface area contributed by atoms with Crippen molar-refractivity contribution in [2.75, 3.05) is 6.54 Å². The number of nitrogens with zero attached hydrogens (tertiary/aromatic N) is 3. The lowest BCUT2D eigenvalue weighted by atomic mass is 10.2. The van der Waals surface area contributed by atoms with Crippen LogP contribution in [0.3, 0.4) is 0 Å². The summed E-state index contributed by atoms with van der Waals surface area (Å²) in [5, 5.41) is 13.6. The highest BCUT2D eigenvalue weighted by Crippen LogP contribution is 1.90. The summed E-state index contributed by atoms with van der Waals surface area (Å²) >= 11 is 0. The van der Waals surface area contributed by atoms with Crippen LogP contribution in [0.25, 0.3) is 0 Å². The van der Waals surface area contributed by atoms with Crippen LogP contribution >= 0.6 is 0 Å². The first-order valence-electron chi connectivity index (χ1n) is 5.46. The second-order valence-electron chi connectivity index (χ2n) is 3.84. The molecule has 6 nitrogen and oxygen atoms in total. The fourth-order valence-corrected chi connectivity index (χ4v) is 1.18. The summed E-state index contributed by atoms with van der Waals surface area (Å²) in [5.41, 5.74) is 0. The maximum atomic E-state index is 11.4. The van der Waals surface area contributed by atoms with Crippen LogP contribution in [0.15, 0.2) is 6.33 Å². The molecular weight excluding hydrogens is 206 g/mol. The zero-order valence-electron chi connectivity index (χ0n) is 10.0. The van der Waals surface area contributed by atoms with Gasteiger partial charge in [0, 0.05) is 13.1 Å². The molecule has 16 heavy (non-hydrogen) atoms. The van der Waals surface area contributed by atoms with Gasteiger partial charge in [0.05, 0.1) is 13.1 Å². The zero-order chi connectivity index (χ0) is 12.0. The number of aryl methyl sites for hydroxylation is 1. The Balaban J connectivity index is 2.21. The van der Waals surface area contributed by atoms with E-state index in [1.165, 1.54) is 0 Å². The molecule has 6 heteroatoms. The van der Waals surface area contributed by atoms with Gasteiger partial charge in [-0.25, -0.2) is 0 Å². The number of rotatable bonds is 6. The number of nitrogens with one attached hydrogen (secondary N) is 2. The van der Waals surface area contributed by atoms with Gasteiger partial charge < -0.3 is 15.2 Å². The third kappa shape index (κ3) is 3.98. The van der Waals surface area contributed by atoms with E-state index < -0.39 is 0 Å². The number of amides is 1. The summed E-state index contributed by atoms with van der Waals surface area (Å²) in [6.45, 7) is 4.88. The molecule has 0 aliphatic heterocycles. The molecular formula is C10H19N5O. The smallest absolute Gasteiger partial charge is 0.234 e. The minimum Gasteiger partial charge on any atom is -0.353 e. The van der Waals surface area contributed by atoms with E-state index in [9.17, 15) is 4.79 Å². The second-order valence-corrected chi connectivity index (χ2v) is 3.84. The Hall–Kier alpha value is -1.43. The Morgan fingerprint density at radius 3 is 2.94 bits per heavy atom. The summed E-state index contributed by atoms with van der Waals surface area (Å²) in [6, 6.07) is 0.226. The standard InChI is InChI=1S/C10H19N5O/c1-4-8(2)13-10(16)6-11-5-9-14-12-7-15(9)3/h7-8,11H,4-6H2,1-3H3,(H,13,16). The first-order chi connectivity index (χ1) is 7.63. The topological polar surface area (TPSA) is 71.8 Å². The van der Waals surface area contributed by atoms with Crippen molar-refractivity contribution >= 4 is 5.91 Å². The van der Waals surface area contributed by atoms with Crippen LogP contribution < -0.4 is 10.6 Å². The lowest BCUT2D eigenvalue weighted by molar-refractivity contribution is -0.120. The highest BCUT2D eigenvalue weighted by Gasteiger charge is 2.05. The first-order valence-corrected chi connectivity index (χ1v) is 5.46. The van der Waals surface area contributed by atoms with E-state index in [0.717, 1.165) is 12.2 Å². The predicted octanol–water partition coefficient (Wildman–Crippen LogP) is -0.181. The molecule has 90 valence electrons. The highest BCUT2D eigenvalue weighted by atomic mass is 16.1. The molecule has 1 aromatic heterocycles. The molecule has 1 amide bonds. The molecule has 1 rings (SSSR count). The molecule has 0 spiro atoms. The molecule has 1 heterocycles. The summed E-state index contributed by atoms with van der Waals surface area (Å²) in [7, 11) is 1.87. The number of hydrogen-bond acceptors (Lipinski definition) is 4. The van der Waals surface area contributed by atoms with Crippen LogP contribution in [0.4, 0.5) is 0 Å². The van der Waals surface area contributed by atoms with Gasteiger partial charge in [-0.1, -0.05) is 6.92 Å². The molecule has 0 bridgehead atoms. The van der Waals surface area contributed by atoms with Gasteiger partial charge >= 0.3 is 0 Å². The molecule has 0 radical (unpaired) electrons. The van der Waals surface area contributed by atoms with E-state index >= 15 is 0 Å². The van der Waals surface area contributed by atoms with Crippen LogP contribution in [-0.4, -0.2) is 33.3 Å². The molecule has 0 aromatic carbocycles. The minimum atomic E-state index is 0.0107. The van der Waals surface area contributed by atoms with E-state index in [2.05, 4.69) is 20.8 Å². The molecule has 2 N–H and O–H groups in total. The number of aromatic nitrogens is 3. The molecule has 1 unspecified atom stereocenters. The van der Waals surface area contributed by atoms with Crippen molar-refractivity contribution in [3.8, 4) is 0 Å². The minimum absolute atomic E-state index is 0.0107. The Morgan fingerprint density at radius 2 is 2.38 bits per heavy atom. The summed E-state index contributed by atoms with van der Waals surface area (Å²) < 4.78 is 1.82. The molecule has 0 saturated heterocycles. The average molecular weight is 225 g/mol. The number of carbonyl (C=O) groups is 1. The monoisotopic (exact) mass is 225 g/mol. The van der Waals surface area contributed by atoms with Gasteiger partial charge in [-0.3, -0.25) is 4.79 Å². The molecule has 1 atom stereocenters. The van der Waals surface area contributed by atoms with Crippen molar-refractivity contribution in [2.24, 2.45) is 7.05 Å². The van der Waals surface area contributed by atoms with Crippen LogP contribution in [0.5, 0.6) is 0 Å². The molecule has 0 aliphatic carbocycles. The van der Waals surface area contributed by atoms with Gasteiger partial charge in [0.2, 0.25) is 5.91 Å². The van der Waals surface area contributed by atoms with Crippen molar-refractivity contribution in [2.45, 2.75) is 32.9 Å². The number of hydrogen-bond donors (Lipinski definition) is 2. The third-order valence-electron chi connectivity index (χ3n) is 2.39. The molecule has 0 saturated carbocycles. The quantitative estimate of drug-likeness (QED) is 0.704. The lowest BCUT2D eigenvalue weighted by Crippen LogP contribution is -2.38. The van der Waals surface area contributed by atoms with Gasteiger partial charge in [0.25, 0.3) is 0 Å². The highest BCUT2D eigenvalue weighted by molar-refractivity contribution is 5.78. The van der Waals surface area contributed by atoms with Crippen molar-refractivity contribution in [3.63, 3.8) is 0 Å². The fourth-order valence-electron chi connectivity index (χ4n) is 1.18. The Labute approximate surface area is 95.4 Å². The van der Waals surface area contributed by atoms with E-state index in [0.29, 0.717) is 13.1 Å². The largest absolute Gasteiger partial charge is 0.353 e. The van der Waals surface area contributed by atoms with Gasteiger partial charge in [-0.05, 0) is 13.3 Å². The number of carbonyl (C=O) groups excluding carboxylic acids is 1. The maximum absolute atomic E-state index is 11.4. The summed E-state index contributed by atoms with van der Waals surface area (Å²) in [4.78, 5) is 11.4. The SMILES string of the molecule is CCC(C)NC(=O)CNCc1nncn1C. The third-order valence-corrected chi connectivity index (χ3v) is 2.39. The van der Waals surface area contributed by atoms with Crippen molar-refractivity contribution in [1.82, 2.24) is 25.4 Å². The maximum Gasteiger partial charge on any atom is 0.234 e. The van der Waals surface area contributed by atoms with E-state index in [4.69, 9.17) is 0 Å².